The van der Waals surface area contributed by atoms with E-state index in [9.17, 15) is 9.90 Å². The molecule has 114 valence electrons. The van der Waals surface area contributed by atoms with Crippen LogP contribution in [0, 0.1) is 0 Å². The lowest BCUT2D eigenvalue weighted by atomic mass is 9.90. The maximum Gasteiger partial charge on any atom is 0.360 e. The number of hydrogen-bond donors (Lipinski definition) is 1. The maximum atomic E-state index is 12.0. The Labute approximate surface area is 120 Å². The van der Waals surface area contributed by atoms with Crippen molar-refractivity contribution in [2.24, 2.45) is 0 Å². The van der Waals surface area contributed by atoms with Gasteiger partial charge in [0.25, 0.3) is 0 Å². The molecule has 1 heterocycles. The highest BCUT2D eigenvalue weighted by Crippen LogP contribution is 2.26. The first-order valence-electron chi connectivity index (χ1n) is 6.96. The Hall–Kier alpha value is -1.43. The standard InChI is InChI=1S/C14H25N3O3/c1-7-14(6,19)9-17-11(13(3,4)5)10(15-16-17)12(18)20-8-2/h19H,7-9H2,1-6H3. The summed E-state index contributed by atoms with van der Waals surface area (Å²) >= 11 is 0. The minimum Gasteiger partial charge on any atom is -0.461 e. The minimum absolute atomic E-state index is 0.228. The quantitative estimate of drug-likeness (QED) is 0.835. The highest BCUT2D eigenvalue weighted by molar-refractivity contribution is 5.88. The van der Waals surface area contributed by atoms with E-state index in [4.69, 9.17) is 4.74 Å². The Morgan fingerprint density at radius 1 is 1.30 bits per heavy atom. The molecule has 6 heteroatoms. The molecule has 1 unspecified atom stereocenters. The summed E-state index contributed by atoms with van der Waals surface area (Å²) in [5.41, 5.74) is -0.300. The normalized spacial score (nSPS) is 14.9. The summed E-state index contributed by atoms with van der Waals surface area (Å²) in [5, 5.41) is 18.2. The molecule has 0 saturated heterocycles. The van der Waals surface area contributed by atoms with E-state index in [1.807, 2.05) is 27.7 Å². The van der Waals surface area contributed by atoms with Gasteiger partial charge in [0.05, 0.1) is 24.4 Å². The van der Waals surface area contributed by atoms with Crippen molar-refractivity contribution in [3.63, 3.8) is 0 Å². The largest absolute Gasteiger partial charge is 0.461 e. The Kier molecular flexibility index (Phi) is 4.91. The molecule has 0 saturated carbocycles. The third kappa shape index (κ3) is 3.79. The van der Waals surface area contributed by atoms with E-state index in [0.29, 0.717) is 25.3 Å². The lowest BCUT2D eigenvalue weighted by Crippen LogP contribution is -2.33. The monoisotopic (exact) mass is 283 g/mol. The molecule has 1 atom stereocenters. The molecule has 0 aliphatic carbocycles. The number of nitrogens with zero attached hydrogens (tertiary/aromatic N) is 3. The van der Waals surface area contributed by atoms with Crippen LogP contribution >= 0.6 is 0 Å². The van der Waals surface area contributed by atoms with E-state index in [0.717, 1.165) is 0 Å². The number of aliphatic hydroxyl groups is 1. The Balaban J connectivity index is 3.24. The van der Waals surface area contributed by atoms with Crippen molar-refractivity contribution in [3.8, 4) is 0 Å². The van der Waals surface area contributed by atoms with Gasteiger partial charge in [-0.25, -0.2) is 9.48 Å². The predicted octanol–water partition coefficient (Wildman–Crippen LogP) is 1.91. The number of esters is 1. The van der Waals surface area contributed by atoms with Crippen molar-refractivity contribution in [2.75, 3.05) is 6.61 Å². The van der Waals surface area contributed by atoms with Gasteiger partial charge in [0, 0.05) is 5.41 Å². The average Bonchev–Trinajstić information content (AvgIpc) is 2.72. The summed E-state index contributed by atoms with van der Waals surface area (Å²) in [6.07, 6.45) is 0.588. The van der Waals surface area contributed by atoms with Crippen molar-refractivity contribution >= 4 is 5.97 Å². The molecule has 0 aliphatic rings. The fourth-order valence-electron chi connectivity index (χ4n) is 1.94. The third-order valence-electron chi connectivity index (χ3n) is 3.17. The second kappa shape index (κ2) is 5.91. The SMILES string of the molecule is CCOC(=O)c1nnn(CC(C)(O)CC)c1C(C)(C)C. The van der Waals surface area contributed by atoms with Gasteiger partial charge in [0.1, 0.15) is 0 Å². The van der Waals surface area contributed by atoms with Crippen LogP contribution in [0.15, 0.2) is 0 Å². The zero-order valence-corrected chi connectivity index (χ0v) is 13.2. The van der Waals surface area contributed by atoms with E-state index >= 15 is 0 Å². The van der Waals surface area contributed by atoms with Gasteiger partial charge in [-0.1, -0.05) is 32.9 Å². The summed E-state index contributed by atoms with van der Waals surface area (Å²) in [6.45, 7) is 11.9. The highest BCUT2D eigenvalue weighted by Gasteiger charge is 2.32. The van der Waals surface area contributed by atoms with Gasteiger partial charge >= 0.3 is 5.97 Å². The summed E-state index contributed by atoms with van der Waals surface area (Å²) in [5.74, 6) is -0.472. The number of rotatable bonds is 5. The van der Waals surface area contributed by atoms with Crippen LogP contribution in [0.5, 0.6) is 0 Å². The molecule has 0 bridgehead atoms. The molecule has 20 heavy (non-hydrogen) atoms. The zero-order chi connectivity index (χ0) is 15.6. The summed E-state index contributed by atoms with van der Waals surface area (Å²) in [4.78, 5) is 12.0. The molecular formula is C14H25N3O3. The van der Waals surface area contributed by atoms with Gasteiger partial charge in [0.15, 0.2) is 5.69 Å². The van der Waals surface area contributed by atoms with Crippen molar-refractivity contribution in [1.82, 2.24) is 15.0 Å². The molecule has 0 aliphatic heterocycles. The molecule has 0 fully saturated rings. The third-order valence-corrected chi connectivity index (χ3v) is 3.17. The molecule has 0 amide bonds. The van der Waals surface area contributed by atoms with Crippen LogP contribution in [-0.2, 0) is 16.7 Å². The second-order valence-corrected chi connectivity index (χ2v) is 6.27. The molecule has 1 rings (SSSR count). The zero-order valence-electron chi connectivity index (χ0n) is 13.2. The molecule has 1 N–H and O–H groups in total. The van der Waals surface area contributed by atoms with Crippen LogP contribution in [-0.4, -0.2) is 38.3 Å². The molecular weight excluding hydrogens is 258 g/mol. The van der Waals surface area contributed by atoms with Crippen molar-refractivity contribution in [3.05, 3.63) is 11.4 Å². The minimum atomic E-state index is -0.889. The van der Waals surface area contributed by atoms with Crippen molar-refractivity contribution in [1.29, 1.82) is 0 Å². The molecule has 1 aromatic rings. The van der Waals surface area contributed by atoms with Gasteiger partial charge in [-0.05, 0) is 20.3 Å². The van der Waals surface area contributed by atoms with Gasteiger partial charge < -0.3 is 9.84 Å². The lowest BCUT2D eigenvalue weighted by molar-refractivity contribution is 0.0321. The first-order valence-corrected chi connectivity index (χ1v) is 6.96. The van der Waals surface area contributed by atoms with E-state index in [2.05, 4.69) is 10.3 Å². The van der Waals surface area contributed by atoms with Gasteiger partial charge in [-0.3, -0.25) is 0 Å². The fraction of sp³-hybridized carbons (Fsp3) is 0.786. The number of ether oxygens (including phenoxy) is 1. The molecule has 6 nitrogen and oxygen atoms in total. The van der Waals surface area contributed by atoms with E-state index in [-0.39, 0.29) is 11.1 Å². The Morgan fingerprint density at radius 2 is 1.90 bits per heavy atom. The van der Waals surface area contributed by atoms with E-state index in [1.165, 1.54) is 0 Å². The second-order valence-electron chi connectivity index (χ2n) is 6.27. The van der Waals surface area contributed by atoms with Crippen LogP contribution in [0.1, 0.15) is 64.1 Å². The Bertz CT molecular complexity index is 472. The van der Waals surface area contributed by atoms with E-state index in [1.54, 1.807) is 18.5 Å². The van der Waals surface area contributed by atoms with Crippen LogP contribution in [0.3, 0.4) is 0 Å². The first-order chi connectivity index (χ1) is 9.12. The smallest absolute Gasteiger partial charge is 0.360 e. The van der Waals surface area contributed by atoms with Crippen molar-refractivity contribution in [2.45, 2.75) is 65.5 Å². The molecule has 0 radical (unpaired) electrons. The summed E-state index contributed by atoms with van der Waals surface area (Å²) in [7, 11) is 0. The fourth-order valence-corrected chi connectivity index (χ4v) is 1.94. The number of carbonyl (C=O) groups is 1. The van der Waals surface area contributed by atoms with Gasteiger partial charge in [0.2, 0.25) is 0 Å². The molecule has 0 spiro atoms. The predicted molar refractivity (Wildman–Crippen MR) is 75.6 cm³/mol. The van der Waals surface area contributed by atoms with Gasteiger partial charge in [-0.15, -0.1) is 5.10 Å². The summed E-state index contributed by atoms with van der Waals surface area (Å²) < 4.78 is 6.62. The number of carbonyl (C=O) groups excluding carboxylic acids is 1. The van der Waals surface area contributed by atoms with Crippen LogP contribution in [0.4, 0.5) is 0 Å². The van der Waals surface area contributed by atoms with Crippen LogP contribution < -0.4 is 0 Å². The molecule has 0 aromatic carbocycles. The maximum absolute atomic E-state index is 12.0. The van der Waals surface area contributed by atoms with Crippen LogP contribution in [0.25, 0.3) is 0 Å². The number of aromatic nitrogens is 3. The Morgan fingerprint density at radius 3 is 2.35 bits per heavy atom. The lowest BCUT2D eigenvalue weighted by Gasteiger charge is -2.26. The molecule has 1 aromatic heterocycles. The highest BCUT2D eigenvalue weighted by atomic mass is 16.5. The van der Waals surface area contributed by atoms with Crippen molar-refractivity contribution < 1.29 is 14.6 Å². The topological polar surface area (TPSA) is 77.2 Å². The van der Waals surface area contributed by atoms with Gasteiger partial charge in [-0.2, -0.15) is 0 Å². The number of hydrogen-bond acceptors (Lipinski definition) is 5. The average molecular weight is 283 g/mol. The first kappa shape index (κ1) is 16.6. The van der Waals surface area contributed by atoms with Crippen LogP contribution in [0.2, 0.25) is 0 Å². The summed E-state index contributed by atoms with van der Waals surface area (Å²) in [6, 6.07) is 0. The van der Waals surface area contributed by atoms with E-state index < -0.39 is 11.6 Å².